The Morgan fingerprint density at radius 2 is 2.20 bits per heavy atom. The summed E-state index contributed by atoms with van der Waals surface area (Å²) in [7, 11) is 0. The number of nitrogens with one attached hydrogen (secondary N) is 1. The Labute approximate surface area is 119 Å². The lowest BCUT2D eigenvalue weighted by atomic mass is 10.1. The average molecular weight is 278 g/mol. The number of carbonyl (C=O) groups excluding carboxylic acids is 1. The molecule has 0 aliphatic carbocycles. The molecule has 1 fully saturated rings. The van der Waals surface area contributed by atoms with Crippen molar-refractivity contribution in [2.45, 2.75) is 32.4 Å². The molecule has 1 aliphatic heterocycles. The first kappa shape index (κ1) is 14.7. The van der Waals surface area contributed by atoms with Gasteiger partial charge in [-0.05, 0) is 19.4 Å². The number of rotatable bonds is 5. The number of likely N-dealkylation sites (tertiary alicyclic amines) is 1. The Hall–Kier alpha value is -1.75. The minimum atomic E-state index is -0.378. The average Bonchev–Trinajstić information content (AvgIpc) is 2.41. The van der Waals surface area contributed by atoms with Crippen LogP contribution in [0.25, 0.3) is 0 Å². The first-order valence-corrected chi connectivity index (χ1v) is 7.07. The normalized spacial score (nSPS) is 16.4. The molecule has 1 saturated heterocycles. The van der Waals surface area contributed by atoms with Gasteiger partial charge in [-0.3, -0.25) is 0 Å². The van der Waals surface area contributed by atoms with Crippen molar-refractivity contribution in [3.05, 3.63) is 29.8 Å². The zero-order valence-electron chi connectivity index (χ0n) is 12.0. The zero-order chi connectivity index (χ0) is 14.5. The van der Waals surface area contributed by atoms with E-state index in [-0.39, 0.29) is 18.2 Å². The van der Waals surface area contributed by atoms with Gasteiger partial charge in [0.1, 0.15) is 5.75 Å². The van der Waals surface area contributed by atoms with Gasteiger partial charge in [0, 0.05) is 5.56 Å². The topological polar surface area (TPSA) is 61.8 Å². The van der Waals surface area contributed by atoms with E-state index in [1.54, 1.807) is 4.90 Å². The van der Waals surface area contributed by atoms with Crippen molar-refractivity contribution in [1.82, 2.24) is 10.2 Å². The molecular formula is C15H22N2O3. The van der Waals surface area contributed by atoms with Crippen LogP contribution in [-0.2, 0) is 0 Å². The molecule has 1 atom stereocenters. The van der Waals surface area contributed by atoms with Crippen LogP contribution in [0.4, 0.5) is 4.79 Å². The number of ether oxygens (including phenoxy) is 1. The molecule has 1 aromatic carbocycles. The second-order valence-corrected chi connectivity index (χ2v) is 5.12. The molecule has 0 bridgehead atoms. The highest BCUT2D eigenvalue weighted by atomic mass is 16.5. The molecule has 0 aromatic heterocycles. The fourth-order valence-corrected chi connectivity index (χ4v) is 2.16. The molecule has 0 unspecified atom stereocenters. The molecule has 1 aliphatic rings. The zero-order valence-corrected chi connectivity index (χ0v) is 12.0. The van der Waals surface area contributed by atoms with Crippen molar-refractivity contribution in [3.63, 3.8) is 0 Å². The Morgan fingerprint density at radius 1 is 1.50 bits per heavy atom. The Kier molecular flexibility index (Phi) is 4.84. The molecule has 0 radical (unpaired) electrons. The van der Waals surface area contributed by atoms with Gasteiger partial charge >= 0.3 is 6.03 Å². The van der Waals surface area contributed by atoms with Crippen LogP contribution in [0.15, 0.2) is 24.3 Å². The summed E-state index contributed by atoms with van der Waals surface area (Å²) >= 11 is 0. The smallest absolute Gasteiger partial charge is 0.318 e. The number of aliphatic hydroxyl groups is 1. The van der Waals surface area contributed by atoms with Crippen LogP contribution in [0.3, 0.4) is 0 Å². The number of benzene rings is 1. The summed E-state index contributed by atoms with van der Waals surface area (Å²) in [5.74, 6) is 0.811. The van der Waals surface area contributed by atoms with Crippen molar-refractivity contribution in [3.8, 4) is 5.75 Å². The molecule has 5 nitrogen and oxygen atoms in total. The lowest BCUT2D eigenvalue weighted by molar-refractivity contribution is 0.0259. The molecule has 1 heterocycles. The van der Waals surface area contributed by atoms with Gasteiger partial charge in [-0.2, -0.15) is 0 Å². The highest BCUT2D eigenvalue weighted by Crippen LogP contribution is 2.25. The van der Waals surface area contributed by atoms with Crippen LogP contribution in [0.5, 0.6) is 5.75 Å². The van der Waals surface area contributed by atoms with Gasteiger partial charge < -0.3 is 20.1 Å². The number of aliphatic hydroxyl groups excluding tert-OH is 1. The van der Waals surface area contributed by atoms with E-state index >= 15 is 0 Å². The lowest BCUT2D eigenvalue weighted by Gasteiger charge is -2.36. The second kappa shape index (κ2) is 6.61. The van der Waals surface area contributed by atoms with Crippen molar-refractivity contribution in [1.29, 1.82) is 0 Å². The molecule has 1 aromatic rings. The van der Waals surface area contributed by atoms with E-state index in [1.807, 2.05) is 31.2 Å². The van der Waals surface area contributed by atoms with Crippen LogP contribution in [0.1, 0.15) is 31.9 Å². The summed E-state index contributed by atoms with van der Waals surface area (Å²) in [6.45, 7) is 5.47. The molecule has 0 spiro atoms. The number of hydrogen-bond donors (Lipinski definition) is 2. The Bertz CT molecular complexity index is 458. The molecule has 20 heavy (non-hydrogen) atoms. The van der Waals surface area contributed by atoms with Gasteiger partial charge in [0.2, 0.25) is 0 Å². The van der Waals surface area contributed by atoms with Gasteiger partial charge in [0.25, 0.3) is 0 Å². The largest absolute Gasteiger partial charge is 0.493 e. The van der Waals surface area contributed by atoms with E-state index in [0.717, 1.165) is 17.7 Å². The van der Waals surface area contributed by atoms with Gasteiger partial charge in [0.15, 0.2) is 0 Å². The van der Waals surface area contributed by atoms with Crippen molar-refractivity contribution < 1.29 is 14.6 Å². The first-order chi connectivity index (χ1) is 9.61. The number of nitrogens with zero attached hydrogens (tertiary/aromatic N) is 1. The molecule has 2 N–H and O–H groups in total. The van der Waals surface area contributed by atoms with E-state index in [4.69, 9.17) is 4.74 Å². The third-order valence-electron chi connectivity index (χ3n) is 3.34. The van der Waals surface area contributed by atoms with Crippen LogP contribution in [-0.4, -0.2) is 41.8 Å². The predicted molar refractivity (Wildman–Crippen MR) is 76.8 cm³/mol. The summed E-state index contributed by atoms with van der Waals surface area (Å²) in [6, 6.07) is 7.46. The summed E-state index contributed by atoms with van der Waals surface area (Å²) in [5.41, 5.74) is 0.968. The fourth-order valence-electron chi connectivity index (χ4n) is 2.16. The number of hydrogen-bond acceptors (Lipinski definition) is 3. The van der Waals surface area contributed by atoms with Crippen LogP contribution in [0.2, 0.25) is 0 Å². The third kappa shape index (κ3) is 3.42. The maximum Gasteiger partial charge on any atom is 0.318 e. The standard InChI is InChI=1S/C15H22N2O3/c1-3-8-20-14-7-5-4-6-13(14)11(2)16-15(19)17-9-12(18)10-17/h4-7,11-12,18H,3,8-10H2,1-2H3,(H,16,19)/t11-/m1/s1. The van der Waals surface area contributed by atoms with Crippen molar-refractivity contribution in [2.24, 2.45) is 0 Å². The lowest BCUT2D eigenvalue weighted by Crippen LogP contribution is -2.56. The number of β-amino-alcohol motifs (C(OH)–C–C–N with tert-alkyl or cyclic N) is 1. The minimum absolute atomic E-state index is 0.131. The quantitative estimate of drug-likeness (QED) is 0.865. The minimum Gasteiger partial charge on any atom is -0.493 e. The van der Waals surface area contributed by atoms with Gasteiger partial charge in [-0.1, -0.05) is 25.1 Å². The molecule has 2 amide bonds. The Morgan fingerprint density at radius 3 is 2.85 bits per heavy atom. The molecule has 0 saturated carbocycles. The van der Waals surface area contributed by atoms with E-state index in [1.165, 1.54) is 0 Å². The molecule has 2 rings (SSSR count). The van der Waals surface area contributed by atoms with Crippen LogP contribution < -0.4 is 10.1 Å². The van der Waals surface area contributed by atoms with Gasteiger partial charge in [0.05, 0.1) is 31.8 Å². The summed E-state index contributed by atoms with van der Waals surface area (Å²) < 4.78 is 5.70. The third-order valence-corrected chi connectivity index (χ3v) is 3.34. The van der Waals surface area contributed by atoms with E-state index in [0.29, 0.717) is 19.7 Å². The number of carbonyl (C=O) groups is 1. The molecule has 110 valence electrons. The number of para-hydroxylation sites is 1. The second-order valence-electron chi connectivity index (χ2n) is 5.12. The molecule has 5 heteroatoms. The number of amides is 2. The Balaban J connectivity index is 1.97. The highest BCUT2D eigenvalue weighted by Gasteiger charge is 2.29. The fraction of sp³-hybridized carbons (Fsp3) is 0.533. The monoisotopic (exact) mass is 278 g/mol. The van der Waals surface area contributed by atoms with E-state index in [2.05, 4.69) is 12.2 Å². The van der Waals surface area contributed by atoms with Gasteiger partial charge in [-0.25, -0.2) is 4.79 Å². The maximum absolute atomic E-state index is 11.9. The molecular weight excluding hydrogens is 256 g/mol. The van der Waals surface area contributed by atoms with Crippen molar-refractivity contribution in [2.75, 3.05) is 19.7 Å². The maximum atomic E-state index is 11.9. The van der Waals surface area contributed by atoms with E-state index < -0.39 is 0 Å². The van der Waals surface area contributed by atoms with Gasteiger partial charge in [-0.15, -0.1) is 0 Å². The van der Waals surface area contributed by atoms with E-state index in [9.17, 15) is 9.90 Å². The van der Waals surface area contributed by atoms with Crippen molar-refractivity contribution >= 4 is 6.03 Å². The van der Waals surface area contributed by atoms with Crippen LogP contribution >= 0.6 is 0 Å². The van der Waals surface area contributed by atoms with Crippen LogP contribution in [0, 0.1) is 0 Å². The summed E-state index contributed by atoms with van der Waals surface area (Å²) in [4.78, 5) is 13.5. The summed E-state index contributed by atoms with van der Waals surface area (Å²) in [5, 5.41) is 12.1. The SMILES string of the molecule is CCCOc1ccccc1[C@@H](C)NC(=O)N1CC(O)C1. The predicted octanol–water partition coefficient (Wildman–Crippen LogP) is 1.92. The summed E-state index contributed by atoms with van der Waals surface area (Å²) in [6.07, 6.45) is 0.567. The highest BCUT2D eigenvalue weighted by molar-refractivity contribution is 5.75. The first-order valence-electron chi connectivity index (χ1n) is 7.07. The number of urea groups is 1.